The number of carbonyl (C=O) groups is 2. The first kappa shape index (κ1) is 20.2. The van der Waals surface area contributed by atoms with Crippen LogP contribution in [-0.4, -0.2) is 18.5 Å². The zero-order valence-corrected chi connectivity index (χ0v) is 16.5. The van der Waals surface area contributed by atoms with E-state index >= 15 is 0 Å². The molecule has 0 unspecified atom stereocenters. The lowest BCUT2D eigenvalue weighted by atomic mass is 10.1. The van der Waals surface area contributed by atoms with Crippen molar-refractivity contribution in [3.05, 3.63) is 69.8 Å². The second-order valence-corrected chi connectivity index (χ2v) is 6.41. The molecule has 2 aromatic carbocycles. The van der Waals surface area contributed by atoms with Gasteiger partial charge in [0.15, 0.2) is 0 Å². The minimum Gasteiger partial charge on any atom is -0.462 e. The lowest BCUT2D eigenvalue weighted by Crippen LogP contribution is -2.17. The molecule has 0 radical (unpaired) electrons. The van der Waals surface area contributed by atoms with Crippen LogP contribution in [0, 0.1) is 18.3 Å². The Balaban J connectivity index is 2.18. The van der Waals surface area contributed by atoms with Gasteiger partial charge in [0, 0.05) is 16.4 Å². The molecule has 0 aliphatic carbocycles. The first-order chi connectivity index (χ1) is 13.0. The smallest absolute Gasteiger partial charge is 0.340 e. The van der Waals surface area contributed by atoms with E-state index in [9.17, 15) is 14.9 Å². The Bertz CT molecular complexity index is 932. The van der Waals surface area contributed by atoms with Gasteiger partial charge in [-0.25, -0.2) is 4.79 Å². The van der Waals surface area contributed by atoms with E-state index in [2.05, 4.69) is 26.6 Å². The van der Waals surface area contributed by atoms with Crippen LogP contribution in [0.5, 0.6) is 0 Å². The van der Waals surface area contributed by atoms with Crippen LogP contribution in [0.1, 0.15) is 22.8 Å². The fourth-order valence-electron chi connectivity index (χ4n) is 2.26. The molecule has 0 aliphatic rings. The minimum absolute atomic E-state index is 0.129. The van der Waals surface area contributed by atoms with Gasteiger partial charge in [-0.1, -0.05) is 28.1 Å². The second kappa shape index (κ2) is 9.55. The van der Waals surface area contributed by atoms with Gasteiger partial charge in [0.1, 0.15) is 11.6 Å². The largest absolute Gasteiger partial charge is 0.462 e. The Morgan fingerprint density at radius 1 is 1.22 bits per heavy atom. The van der Waals surface area contributed by atoms with Gasteiger partial charge in [0.25, 0.3) is 5.91 Å². The number of para-hydroxylation sites is 1. The van der Waals surface area contributed by atoms with E-state index in [-0.39, 0.29) is 23.4 Å². The molecule has 0 saturated heterocycles. The molecule has 138 valence electrons. The van der Waals surface area contributed by atoms with Crippen LogP contribution in [0.3, 0.4) is 0 Å². The number of nitrogens with zero attached hydrogens (tertiary/aromatic N) is 1. The van der Waals surface area contributed by atoms with Crippen LogP contribution in [0.25, 0.3) is 0 Å². The number of hydrogen-bond donors (Lipinski definition) is 2. The van der Waals surface area contributed by atoms with Crippen molar-refractivity contribution in [2.24, 2.45) is 0 Å². The summed E-state index contributed by atoms with van der Waals surface area (Å²) in [5.41, 5.74) is 2.09. The number of amides is 1. The van der Waals surface area contributed by atoms with E-state index < -0.39 is 11.9 Å². The Morgan fingerprint density at radius 2 is 1.96 bits per heavy atom. The number of benzene rings is 2. The maximum atomic E-state index is 12.4. The SMILES string of the molecule is CCOC(=O)c1ccccc1NC(=O)/C(C#N)=C\Nc1ccc(Br)cc1C. The molecule has 27 heavy (non-hydrogen) atoms. The van der Waals surface area contributed by atoms with Crippen molar-refractivity contribution in [3.63, 3.8) is 0 Å². The first-order valence-electron chi connectivity index (χ1n) is 8.16. The van der Waals surface area contributed by atoms with Crippen molar-refractivity contribution >= 4 is 39.2 Å². The fraction of sp³-hybridized carbons (Fsp3) is 0.150. The zero-order valence-electron chi connectivity index (χ0n) is 14.9. The van der Waals surface area contributed by atoms with Gasteiger partial charge in [-0.2, -0.15) is 5.26 Å². The number of rotatable bonds is 6. The molecule has 0 fully saturated rings. The molecule has 0 atom stereocenters. The summed E-state index contributed by atoms with van der Waals surface area (Å²) in [6.07, 6.45) is 1.33. The number of hydrogen-bond acceptors (Lipinski definition) is 5. The third-order valence-corrected chi connectivity index (χ3v) is 4.09. The molecule has 7 heteroatoms. The van der Waals surface area contributed by atoms with E-state index in [1.807, 2.05) is 31.2 Å². The summed E-state index contributed by atoms with van der Waals surface area (Å²) in [5, 5.41) is 14.9. The predicted octanol–water partition coefficient (Wildman–Crippen LogP) is 4.39. The second-order valence-electron chi connectivity index (χ2n) is 5.49. The summed E-state index contributed by atoms with van der Waals surface area (Å²) in [5.74, 6) is -1.17. The van der Waals surface area contributed by atoms with Crippen molar-refractivity contribution in [2.45, 2.75) is 13.8 Å². The third-order valence-electron chi connectivity index (χ3n) is 3.60. The molecule has 2 aromatic rings. The molecular formula is C20H18BrN3O3. The Morgan fingerprint density at radius 3 is 2.63 bits per heavy atom. The van der Waals surface area contributed by atoms with Crippen LogP contribution in [0.15, 0.2) is 58.7 Å². The van der Waals surface area contributed by atoms with Crippen molar-refractivity contribution < 1.29 is 14.3 Å². The van der Waals surface area contributed by atoms with E-state index in [0.717, 1.165) is 15.7 Å². The standard InChI is InChI=1S/C20H18BrN3O3/c1-3-27-20(26)16-6-4-5-7-18(16)24-19(25)14(11-22)12-23-17-9-8-15(21)10-13(17)2/h4-10,12,23H,3H2,1-2H3,(H,24,25)/b14-12-. The number of carbonyl (C=O) groups excluding carboxylic acids is 2. The van der Waals surface area contributed by atoms with Crippen LogP contribution in [-0.2, 0) is 9.53 Å². The highest BCUT2D eigenvalue weighted by atomic mass is 79.9. The Hall–Kier alpha value is -3.11. The molecule has 2 N–H and O–H groups in total. The molecule has 0 aliphatic heterocycles. The molecule has 0 spiro atoms. The molecule has 0 saturated carbocycles. The van der Waals surface area contributed by atoms with Crippen LogP contribution in [0.2, 0.25) is 0 Å². The predicted molar refractivity (Wildman–Crippen MR) is 107 cm³/mol. The summed E-state index contributed by atoms with van der Waals surface area (Å²) >= 11 is 3.38. The van der Waals surface area contributed by atoms with Crippen molar-refractivity contribution in [1.29, 1.82) is 5.26 Å². The Labute approximate surface area is 166 Å². The molecule has 0 aromatic heterocycles. The van der Waals surface area contributed by atoms with Crippen LogP contribution >= 0.6 is 15.9 Å². The molecule has 6 nitrogen and oxygen atoms in total. The van der Waals surface area contributed by atoms with E-state index in [1.165, 1.54) is 6.20 Å². The van der Waals surface area contributed by atoms with Crippen LogP contribution in [0.4, 0.5) is 11.4 Å². The van der Waals surface area contributed by atoms with Gasteiger partial charge in [0.05, 0.1) is 17.9 Å². The monoisotopic (exact) mass is 427 g/mol. The summed E-state index contributed by atoms with van der Waals surface area (Å²) in [6.45, 7) is 3.83. The summed E-state index contributed by atoms with van der Waals surface area (Å²) in [7, 11) is 0. The molecule has 2 rings (SSSR count). The van der Waals surface area contributed by atoms with E-state index in [0.29, 0.717) is 0 Å². The minimum atomic E-state index is -0.628. The van der Waals surface area contributed by atoms with E-state index in [4.69, 9.17) is 4.74 Å². The number of esters is 1. The molecule has 1 amide bonds. The highest BCUT2D eigenvalue weighted by Gasteiger charge is 2.16. The number of nitriles is 1. The Kier molecular flexibility index (Phi) is 7.15. The average Bonchev–Trinajstić information content (AvgIpc) is 2.64. The van der Waals surface area contributed by atoms with Gasteiger partial charge < -0.3 is 15.4 Å². The van der Waals surface area contributed by atoms with Gasteiger partial charge in [-0.15, -0.1) is 0 Å². The zero-order chi connectivity index (χ0) is 19.8. The van der Waals surface area contributed by atoms with Crippen molar-refractivity contribution in [2.75, 3.05) is 17.2 Å². The maximum absolute atomic E-state index is 12.4. The highest BCUT2D eigenvalue weighted by Crippen LogP contribution is 2.21. The van der Waals surface area contributed by atoms with E-state index in [1.54, 1.807) is 31.2 Å². The normalized spacial score (nSPS) is 10.7. The number of halogens is 1. The number of aryl methyl sites for hydroxylation is 1. The summed E-state index contributed by atoms with van der Waals surface area (Å²) in [4.78, 5) is 24.4. The first-order valence-corrected chi connectivity index (χ1v) is 8.96. The number of anilines is 2. The third kappa shape index (κ3) is 5.43. The quantitative estimate of drug-likeness (QED) is 0.405. The average molecular weight is 428 g/mol. The van der Waals surface area contributed by atoms with Gasteiger partial charge in [0.2, 0.25) is 0 Å². The van der Waals surface area contributed by atoms with Gasteiger partial charge in [-0.05, 0) is 49.7 Å². The van der Waals surface area contributed by atoms with Crippen molar-refractivity contribution in [3.8, 4) is 6.07 Å². The topological polar surface area (TPSA) is 91.2 Å². The lowest BCUT2D eigenvalue weighted by Gasteiger charge is -2.10. The lowest BCUT2D eigenvalue weighted by molar-refractivity contribution is -0.112. The maximum Gasteiger partial charge on any atom is 0.340 e. The number of ether oxygens (including phenoxy) is 1. The molecular weight excluding hydrogens is 410 g/mol. The van der Waals surface area contributed by atoms with Crippen LogP contribution < -0.4 is 10.6 Å². The molecule has 0 heterocycles. The van der Waals surface area contributed by atoms with Gasteiger partial charge >= 0.3 is 5.97 Å². The van der Waals surface area contributed by atoms with Gasteiger partial charge in [-0.3, -0.25) is 4.79 Å². The van der Waals surface area contributed by atoms with Crippen molar-refractivity contribution in [1.82, 2.24) is 0 Å². The summed E-state index contributed by atoms with van der Waals surface area (Å²) < 4.78 is 5.91. The highest BCUT2D eigenvalue weighted by molar-refractivity contribution is 9.10. The summed E-state index contributed by atoms with van der Waals surface area (Å²) in [6, 6.07) is 13.9. The number of nitrogens with one attached hydrogen (secondary N) is 2. The molecule has 0 bridgehead atoms. The fourth-order valence-corrected chi connectivity index (χ4v) is 2.73.